The highest BCUT2D eigenvalue weighted by molar-refractivity contribution is 5.85. The van der Waals surface area contributed by atoms with Crippen LogP contribution in [0.4, 0.5) is 4.79 Å². The Balaban J connectivity index is 0.00000112. The average molecular weight is 229 g/mol. The Morgan fingerprint density at radius 3 is 3.00 bits per heavy atom. The maximum atomic E-state index is 10.6. The molecule has 1 amide bonds. The quantitative estimate of drug-likeness (QED) is 0.760. The number of fused-ring (bicyclic) bond motifs is 1. The first-order chi connectivity index (χ1) is 6.77. The molecule has 0 aromatic heterocycles. The molecule has 0 radical (unpaired) electrons. The number of hydrogen-bond acceptors (Lipinski definition) is 3. The van der Waals surface area contributed by atoms with Crippen LogP contribution in [-0.2, 0) is 13.0 Å². The fourth-order valence-electron chi connectivity index (χ4n) is 1.69. The molecule has 1 aliphatic rings. The summed E-state index contributed by atoms with van der Waals surface area (Å²) in [5.41, 5.74) is 7.24. The monoisotopic (exact) mass is 228 g/mol. The number of amides is 1. The van der Waals surface area contributed by atoms with E-state index in [-0.39, 0.29) is 12.4 Å². The van der Waals surface area contributed by atoms with Crippen LogP contribution in [0.3, 0.4) is 0 Å². The lowest BCUT2D eigenvalue weighted by atomic mass is 10.0. The molecule has 0 aliphatic carbocycles. The second-order valence-electron chi connectivity index (χ2n) is 3.24. The van der Waals surface area contributed by atoms with Crippen LogP contribution >= 0.6 is 12.4 Å². The van der Waals surface area contributed by atoms with Crippen molar-refractivity contribution < 1.29 is 9.53 Å². The Morgan fingerprint density at radius 2 is 2.27 bits per heavy atom. The fourth-order valence-corrected chi connectivity index (χ4v) is 1.69. The number of ether oxygens (including phenoxy) is 1. The van der Waals surface area contributed by atoms with Gasteiger partial charge in [-0.1, -0.05) is 12.1 Å². The van der Waals surface area contributed by atoms with E-state index in [1.165, 1.54) is 5.56 Å². The van der Waals surface area contributed by atoms with E-state index in [2.05, 4.69) is 5.32 Å². The van der Waals surface area contributed by atoms with E-state index in [9.17, 15) is 4.79 Å². The number of benzene rings is 1. The third kappa shape index (κ3) is 2.61. The molecule has 2 rings (SSSR count). The van der Waals surface area contributed by atoms with Crippen molar-refractivity contribution in [3.63, 3.8) is 0 Å². The standard InChI is InChI=1S/C10H12N2O2.ClH/c11-10(13)14-9-3-1-2-7-4-5-12-6-8(7)9;/h1-3,12H,4-6H2,(H2,11,13);1H. The lowest BCUT2D eigenvalue weighted by Gasteiger charge is -2.19. The molecule has 0 saturated heterocycles. The molecular weight excluding hydrogens is 216 g/mol. The van der Waals surface area contributed by atoms with Gasteiger partial charge in [-0.3, -0.25) is 0 Å². The number of halogens is 1. The van der Waals surface area contributed by atoms with E-state index < -0.39 is 6.09 Å². The van der Waals surface area contributed by atoms with Crippen molar-refractivity contribution in [1.82, 2.24) is 5.32 Å². The Bertz CT molecular complexity index is 368. The first kappa shape index (κ1) is 11.8. The Morgan fingerprint density at radius 1 is 1.47 bits per heavy atom. The zero-order valence-corrected chi connectivity index (χ0v) is 8.97. The molecule has 1 aromatic rings. The van der Waals surface area contributed by atoms with Crippen LogP contribution in [0.2, 0.25) is 0 Å². The summed E-state index contributed by atoms with van der Waals surface area (Å²) in [5, 5.41) is 3.22. The molecule has 0 bridgehead atoms. The molecule has 82 valence electrons. The molecule has 0 saturated carbocycles. The van der Waals surface area contributed by atoms with Crippen LogP contribution in [0, 0.1) is 0 Å². The van der Waals surface area contributed by atoms with Gasteiger partial charge >= 0.3 is 6.09 Å². The summed E-state index contributed by atoms with van der Waals surface area (Å²) >= 11 is 0. The molecule has 15 heavy (non-hydrogen) atoms. The van der Waals surface area contributed by atoms with Crippen molar-refractivity contribution in [3.05, 3.63) is 29.3 Å². The first-order valence-corrected chi connectivity index (χ1v) is 4.56. The molecular formula is C10H13ClN2O2. The Labute approximate surface area is 94.2 Å². The van der Waals surface area contributed by atoms with Crippen LogP contribution in [0.1, 0.15) is 11.1 Å². The molecule has 0 atom stereocenters. The summed E-state index contributed by atoms with van der Waals surface area (Å²) in [4.78, 5) is 10.6. The number of nitrogens with one attached hydrogen (secondary N) is 1. The smallest absolute Gasteiger partial charge is 0.409 e. The second kappa shape index (κ2) is 5.00. The number of rotatable bonds is 1. The largest absolute Gasteiger partial charge is 0.410 e. The summed E-state index contributed by atoms with van der Waals surface area (Å²) in [6, 6.07) is 5.68. The molecule has 0 unspecified atom stereocenters. The number of hydrogen-bond donors (Lipinski definition) is 2. The van der Waals surface area contributed by atoms with E-state index >= 15 is 0 Å². The van der Waals surface area contributed by atoms with Crippen LogP contribution in [0.25, 0.3) is 0 Å². The first-order valence-electron chi connectivity index (χ1n) is 4.56. The number of primary amides is 1. The van der Waals surface area contributed by atoms with Crippen molar-refractivity contribution in [3.8, 4) is 5.75 Å². The van der Waals surface area contributed by atoms with Crippen molar-refractivity contribution in [1.29, 1.82) is 0 Å². The minimum atomic E-state index is -0.760. The van der Waals surface area contributed by atoms with Crippen LogP contribution < -0.4 is 15.8 Å². The number of carbonyl (C=O) groups excluding carboxylic acids is 1. The Hall–Kier alpha value is -1.26. The van der Waals surface area contributed by atoms with Gasteiger partial charge in [0.25, 0.3) is 0 Å². The zero-order valence-electron chi connectivity index (χ0n) is 8.16. The third-order valence-electron chi connectivity index (χ3n) is 2.31. The van der Waals surface area contributed by atoms with Crippen molar-refractivity contribution in [2.45, 2.75) is 13.0 Å². The average Bonchev–Trinajstić information content (AvgIpc) is 2.18. The summed E-state index contributed by atoms with van der Waals surface area (Å²) in [6.07, 6.45) is 0.203. The summed E-state index contributed by atoms with van der Waals surface area (Å²) in [5.74, 6) is 0.571. The predicted octanol–water partition coefficient (Wildman–Crippen LogP) is 1.21. The summed E-state index contributed by atoms with van der Waals surface area (Å²) in [7, 11) is 0. The molecule has 1 aliphatic heterocycles. The van der Waals surface area contributed by atoms with E-state index in [4.69, 9.17) is 10.5 Å². The van der Waals surface area contributed by atoms with Gasteiger partial charge < -0.3 is 15.8 Å². The number of carbonyl (C=O) groups is 1. The zero-order chi connectivity index (χ0) is 9.97. The highest BCUT2D eigenvalue weighted by Gasteiger charge is 2.14. The molecule has 4 nitrogen and oxygen atoms in total. The van der Waals surface area contributed by atoms with Gasteiger partial charge in [-0.2, -0.15) is 0 Å². The van der Waals surface area contributed by atoms with E-state index in [1.54, 1.807) is 6.07 Å². The van der Waals surface area contributed by atoms with Gasteiger partial charge in [0.2, 0.25) is 0 Å². The van der Waals surface area contributed by atoms with Gasteiger partial charge in [0.05, 0.1) is 0 Å². The molecule has 1 aromatic carbocycles. The minimum absolute atomic E-state index is 0. The highest BCUT2D eigenvalue weighted by Crippen LogP contribution is 2.24. The predicted molar refractivity (Wildman–Crippen MR) is 59.3 cm³/mol. The van der Waals surface area contributed by atoms with Gasteiger partial charge in [-0.15, -0.1) is 12.4 Å². The Kier molecular flexibility index (Phi) is 3.94. The van der Waals surface area contributed by atoms with Crippen molar-refractivity contribution in [2.75, 3.05) is 6.54 Å². The van der Waals surface area contributed by atoms with Crippen molar-refractivity contribution in [2.24, 2.45) is 5.73 Å². The normalized spacial score (nSPS) is 13.6. The molecule has 0 spiro atoms. The molecule has 0 fully saturated rings. The second-order valence-corrected chi connectivity index (χ2v) is 3.24. The van der Waals surface area contributed by atoms with Crippen LogP contribution in [-0.4, -0.2) is 12.6 Å². The minimum Gasteiger partial charge on any atom is -0.410 e. The number of nitrogens with two attached hydrogens (primary N) is 1. The maximum absolute atomic E-state index is 10.6. The van der Waals surface area contributed by atoms with Gasteiger partial charge in [0.15, 0.2) is 0 Å². The van der Waals surface area contributed by atoms with Gasteiger partial charge in [0, 0.05) is 12.1 Å². The fraction of sp³-hybridized carbons (Fsp3) is 0.300. The summed E-state index contributed by atoms with van der Waals surface area (Å²) in [6.45, 7) is 1.70. The molecule has 1 heterocycles. The van der Waals surface area contributed by atoms with E-state index in [0.29, 0.717) is 5.75 Å². The SMILES string of the molecule is Cl.NC(=O)Oc1cccc2c1CNCC2. The van der Waals surface area contributed by atoms with Crippen molar-refractivity contribution >= 4 is 18.5 Å². The molecule has 5 heteroatoms. The van der Waals surface area contributed by atoms with Crippen LogP contribution in [0.5, 0.6) is 5.75 Å². The lowest BCUT2D eigenvalue weighted by Crippen LogP contribution is -2.25. The highest BCUT2D eigenvalue weighted by atomic mass is 35.5. The van der Waals surface area contributed by atoms with Gasteiger partial charge in [-0.05, 0) is 24.6 Å². The van der Waals surface area contributed by atoms with Gasteiger partial charge in [0.1, 0.15) is 5.75 Å². The molecule has 3 N–H and O–H groups in total. The third-order valence-corrected chi connectivity index (χ3v) is 2.31. The van der Waals surface area contributed by atoms with E-state index in [1.807, 2.05) is 12.1 Å². The lowest BCUT2D eigenvalue weighted by molar-refractivity contribution is 0.210. The van der Waals surface area contributed by atoms with E-state index in [0.717, 1.165) is 25.1 Å². The topological polar surface area (TPSA) is 64.4 Å². The van der Waals surface area contributed by atoms with Gasteiger partial charge in [-0.25, -0.2) is 4.79 Å². The summed E-state index contributed by atoms with van der Waals surface area (Å²) < 4.78 is 4.91. The van der Waals surface area contributed by atoms with Crippen LogP contribution in [0.15, 0.2) is 18.2 Å². The maximum Gasteiger partial charge on any atom is 0.409 e.